The summed E-state index contributed by atoms with van der Waals surface area (Å²) in [5.74, 6) is 0.924. The van der Waals surface area contributed by atoms with Gasteiger partial charge in [0, 0.05) is 42.3 Å². The number of hydrogen-bond acceptors (Lipinski definition) is 6. The number of nitrogens with zero attached hydrogens (tertiary/aromatic N) is 3. The fourth-order valence-electron chi connectivity index (χ4n) is 3.15. The van der Waals surface area contributed by atoms with E-state index in [4.69, 9.17) is 4.52 Å². The summed E-state index contributed by atoms with van der Waals surface area (Å²) >= 11 is 1.72. The zero-order valence-electron chi connectivity index (χ0n) is 12.8. The molecule has 0 aromatic carbocycles. The van der Waals surface area contributed by atoms with Crippen LogP contribution in [0, 0.1) is 13.8 Å². The van der Waals surface area contributed by atoms with Crippen molar-refractivity contribution in [3.05, 3.63) is 28.6 Å². The fourth-order valence-corrected chi connectivity index (χ4v) is 3.85. The van der Waals surface area contributed by atoms with Gasteiger partial charge in [-0.3, -0.25) is 0 Å². The molecule has 2 aromatic heterocycles. The standard InChI is InChI=1S/C15H22N4OS/c1-10(14-11(2)18-20-12(14)3)17-13-4-7-19(8-5-13)15-16-6-9-21-15/h6,9-10,13,17H,4-5,7-8H2,1-3H3/t10-/m0/s1. The van der Waals surface area contributed by atoms with Gasteiger partial charge in [0.2, 0.25) is 0 Å². The van der Waals surface area contributed by atoms with Crippen molar-refractivity contribution < 1.29 is 4.52 Å². The van der Waals surface area contributed by atoms with Crippen LogP contribution in [0.3, 0.4) is 0 Å². The molecule has 114 valence electrons. The first kappa shape index (κ1) is 14.5. The first-order valence-electron chi connectivity index (χ1n) is 7.48. The number of aryl methyl sites for hydroxylation is 2. The topological polar surface area (TPSA) is 54.2 Å². The summed E-state index contributed by atoms with van der Waals surface area (Å²) in [5.41, 5.74) is 2.20. The second-order valence-electron chi connectivity index (χ2n) is 5.70. The van der Waals surface area contributed by atoms with E-state index in [9.17, 15) is 0 Å². The third-order valence-electron chi connectivity index (χ3n) is 4.19. The van der Waals surface area contributed by atoms with Gasteiger partial charge in [0.05, 0.1) is 5.69 Å². The van der Waals surface area contributed by atoms with Crippen molar-refractivity contribution >= 4 is 16.5 Å². The second kappa shape index (κ2) is 6.15. The Bertz CT molecular complexity index is 553. The Kier molecular flexibility index (Phi) is 4.26. The van der Waals surface area contributed by atoms with Crippen molar-refractivity contribution in [1.82, 2.24) is 15.5 Å². The van der Waals surface area contributed by atoms with E-state index in [2.05, 4.69) is 27.3 Å². The molecule has 1 fully saturated rings. The molecule has 2 aromatic rings. The average molecular weight is 306 g/mol. The number of hydrogen-bond donors (Lipinski definition) is 1. The zero-order valence-corrected chi connectivity index (χ0v) is 13.6. The number of anilines is 1. The minimum absolute atomic E-state index is 0.285. The fraction of sp³-hybridized carbons (Fsp3) is 0.600. The predicted octanol–water partition coefficient (Wildman–Crippen LogP) is 3.07. The van der Waals surface area contributed by atoms with Crippen LogP contribution in [0.2, 0.25) is 0 Å². The normalized spacial score (nSPS) is 18.1. The smallest absolute Gasteiger partial charge is 0.185 e. The van der Waals surface area contributed by atoms with Gasteiger partial charge in [-0.25, -0.2) is 4.98 Å². The van der Waals surface area contributed by atoms with Gasteiger partial charge in [0.15, 0.2) is 5.13 Å². The van der Waals surface area contributed by atoms with E-state index in [1.807, 2.05) is 25.4 Å². The number of thiazole rings is 1. The van der Waals surface area contributed by atoms with Crippen molar-refractivity contribution in [3.63, 3.8) is 0 Å². The molecule has 0 unspecified atom stereocenters. The monoisotopic (exact) mass is 306 g/mol. The largest absolute Gasteiger partial charge is 0.361 e. The molecule has 1 atom stereocenters. The molecular formula is C15H22N4OS. The van der Waals surface area contributed by atoms with Crippen LogP contribution in [0.1, 0.15) is 42.8 Å². The summed E-state index contributed by atoms with van der Waals surface area (Å²) in [4.78, 5) is 6.77. The zero-order chi connectivity index (χ0) is 14.8. The number of nitrogens with one attached hydrogen (secondary N) is 1. The van der Waals surface area contributed by atoms with E-state index in [-0.39, 0.29) is 6.04 Å². The SMILES string of the molecule is Cc1noc(C)c1[C@H](C)NC1CCN(c2nccs2)CC1. The van der Waals surface area contributed by atoms with Crippen LogP contribution >= 0.6 is 11.3 Å². The molecule has 21 heavy (non-hydrogen) atoms. The Balaban J connectivity index is 1.56. The minimum atomic E-state index is 0.285. The maximum atomic E-state index is 5.27. The lowest BCUT2D eigenvalue weighted by molar-refractivity contribution is 0.371. The van der Waals surface area contributed by atoms with Crippen LogP contribution in [-0.2, 0) is 0 Å². The molecule has 0 spiro atoms. The number of rotatable bonds is 4. The van der Waals surface area contributed by atoms with Gasteiger partial charge in [-0.05, 0) is 33.6 Å². The van der Waals surface area contributed by atoms with Gasteiger partial charge >= 0.3 is 0 Å². The summed E-state index contributed by atoms with van der Waals surface area (Å²) in [7, 11) is 0. The van der Waals surface area contributed by atoms with Crippen LogP contribution in [0.15, 0.2) is 16.1 Å². The average Bonchev–Trinajstić information content (AvgIpc) is 3.10. The molecular weight excluding hydrogens is 284 g/mol. The van der Waals surface area contributed by atoms with Gasteiger partial charge in [0.1, 0.15) is 5.76 Å². The Morgan fingerprint density at radius 2 is 2.14 bits per heavy atom. The first-order chi connectivity index (χ1) is 10.1. The van der Waals surface area contributed by atoms with E-state index >= 15 is 0 Å². The van der Waals surface area contributed by atoms with Crippen LogP contribution in [-0.4, -0.2) is 29.3 Å². The summed E-state index contributed by atoms with van der Waals surface area (Å²) in [6.45, 7) is 8.33. The maximum Gasteiger partial charge on any atom is 0.185 e. The molecule has 1 aliphatic rings. The molecule has 1 N–H and O–H groups in total. The van der Waals surface area contributed by atoms with E-state index in [1.165, 1.54) is 5.56 Å². The van der Waals surface area contributed by atoms with E-state index in [0.717, 1.165) is 42.5 Å². The van der Waals surface area contributed by atoms with Crippen LogP contribution in [0.5, 0.6) is 0 Å². The van der Waals surface area contributed by atoms with E-state index in [0.29, 0.717) is 6.04 Å². The Morgan fingerprint density at radius 3 is 2.71 bits per heavy atom. The van der Waals surface area contributed by atoms with Gasteiger partial charge < -0.3 is 14.7 Å². The molecule has 0 amide bonds. The highest BCUT2D eigenvalue weighted by Crippen LogP contribution is 2.25. The predicted molar refractivity (Wildman–Crippen MR) is 84.9 cm³/mol. The van der Waals surface area contributed by atoms with E-state index in [1.54, 1.807) is 11.3 Å². The second-order valence-corrected chi connectivity index (χ2v) is 6.58. The van der Waals surface area contributed by atoms with Gasteiger partial charge in [0.25, 0.3) is 0 Å². The van der Waals surface area contributed by atoms with Crippen molar-refractivity contribution in [2.75, 3.05) is 18.0 Å². The summed E-state index contributed by atoms with van der Waals surface area (Å²) < 4.78 is 5.27. The van der Waals surface area contributed by atoms with Crippen molar-refractivity contribution in [3.8, 4) is 0 Å². The van der Waals surface area contributed by atoms with Crippen LogP contribution in [0.25, 0.3) is 0 Å². The van der Waals surface area contributed by atoms with Gasteiger partial charge in [-0.15, -0.1) is 11.3 Å². The summed E-state index contributed by atoms with van der Waals surface area (Å²) in [5, 5.41) is 11.0. The number of aromatic nitrogens is 2. The van der Waals surface area contributed by atoms with Crippen molar-refractivity contribution in [2.24, 2.45) is 0 Å². The highest BCUT2D eigenvalue weighted by molar-refractivity contribution is 7.13. The lowest BCUT2D eigenvalue weighted by atomic mass is 10.0. The minimum Gasteiger partial charge on any atom is -0.361 e. The lowest BCUT2D eigenvalue weighted by Crippen LogP contribution is -2.43. The Morgan fingerprint density at radius 1 is 1.38 bits per heavy atom. The molecule has 0 aliphatic carbocycles. The maximum absolute atomic E-state index is 5.27. The molecule has 3 rings (SSSR count). The summed E-state index contributed by atoms with van der Waals surface area (Å²) in [6, 6.07) is 0.831. The Hall–Kier alpha value is -1.40. The Labute approximate surface area is 129 Å². The molecule has 6 heteroatoms. The third-order valence-corrected chi connectivity index (χ3v) is 5.02. The first-order valence-corrected chi connectivity index (χ1v) is 8.36. The molecule has 0 radical (unpaired) electrons. The number of piperidine rings is 1. The highest BCUT2D eigenvalue weighted by Gasteiger charge is 2.24. The molecule has 0 bridgehead atoms. The summed E-state index contributed by atoms with van der Waals surface area (Å²) in [6.07, 6.45) is 4.17. The molecule has 5 nitrogen and oxygen atoms in total. The third kappa shape index (κ3) is 3.11. The van der Waals surface area contributed by atoms with Gasteiger partial charge in [-0.2, -0.15) is 0 Å². The van der Waals surface area contributed by atoms with Crippen LogP contribution < -0.4 is 10.2 Å². The van der Waals surface area contributed by atoms with Gasteiger partial charge in [-0.1, -0.05) is 5.16 Å². The van der Waals surface area contributed by atoms with E-state index < -0.39 is 0 Å². The quantitative estimate of drug-likeness (QED) is 0.941. The molecule has 1 saturated heterocycles. The van der Waals surface area contributed by atoms with Crippen molar-refractivity contribution in [1.29, 1.82) is 0 Å². The molecule has 1 aliphatic heterocycles. The highest BCUT2D eigenvalue weighted by atomic mass is 32.1. The lowest BCUT2D eigenvalue weighted by Gasteiger charge is -2.33. The van der Waals surface area contributed by atoms with Crippen LogP contribution in [0.4, 0.5) is 5.13 Å². The molecule has 3 heterocycles. The molecule has 0 saturated carbocycles. The van der Waals surface area contributed by atoms with Crippen molar-refractivity contribution in [2.45, 2.75) is 45.7 Å².